The van der Waals surface area contributed by atoms with Crippen molar-refractivity contribution < 1.29 is 9.57 Å². The van der Waals surface area contributed by atoms with Gasteiger partial charge in [-0.2, -0.15) is 5.90 Å². The predicted octanol–water partition coefficient (Wildman–Crippen LogP) is 3.61. The van der Waals surface area contributed by atoms with E-state index in [1.807, 2.05) is 0 Å². The predicted molar refractivity (Wildman–Crippen MR) is 69.9 cm³/mol. The highest BCUT2D eigenvalue weighted by Crippen LogP contribution is 2.39. The molecule has 1 saturated carbocycles. The number of hydrogen-bond donors (Lipinski definition) is 1. The van der Waals surface area contributed by atoms with E-state index in [4.69, 9.17) is 10.6 Å². The van der Waals surface area contributed by atoms with Crippen LogP contribution in [0.4, 0.5) is 0 Å². The highest BCUT2D eigenvalue weighted by atomic mass is 16.7. The molecule has 0 aromatic carbocycles. The summed E-state index contributed by atoms with van der Waals surface area (Å²) in [5.41, 5.74) is 0.456. The molecule has 3 nitrogen and oxygen atoms in total. The lowest BCUT2D eigenvalue weighted by atomic mass is 9.83. The van der Waals surface area contributed by atoms with E-state index in [-0.39, 0.29) is 5.95 Å². The van der Waals surface area contributed by atoms with Gasteiger partial charge < -0.3 is 9.57 Å². The van der Waals surface area contributed by atoms with Crippen molar-refractivity contribution in [2.24, 2.45) is 23.1 Å². The molecule has 100 valence electrons. The Hall–Kier alpha value is -0.700. The molecule has 2 unspecified atom stereocenters. The van der Waals surface area contributed by atoms with Crippen molar-refractivity contribution in [3.63, 3.8) is 0 Å². The Morgan fingerprint density at radius 3 is 2.53 bits per heavy atom. The fourth-order valence-corrected chi connectivity index (χ4v) is 2.87. The third-order valence-electron chi connectivity index (χ3n) is 3.47. The third kappa shape index (κ3) is 5.97. The molecular formula is C14H27NO2. The summed E-state index contributed by atoms with van der Waals surface area (Å²) in [5, 5.41) is 0. The van der Waals surface area contributed by atoms with Crippen LogP contribution in [0.3, 0.4) is 0 Å². The maximum absolute atomic E-state index is 5.25. The number of rotatable bonds is 6. The van der Waals surface area contributed by atoms with Crippen molar-refractivity contribution in [2.45, 2.75) is 52.9 Å². The maximum Gasteiger partial charge on any atom is 0.291 e. The van der Waals surface area contributed by atoms with Gasteiger partial charge in [-0.1, -0.05) is 33.6 Å². The molecule has 1 aliphatic carbocycles. The third-order valence-corrected chi connectivity index (χ3v) is 3.47. The fourth-order valence-electron chi connectivity index (χ4n) is 2.87. The second kappa shape index (κ2) is 6.29. The van der Waals surface area contributed by atoms with Crippen LogP contribution in [0.5, 0.6) is 0 Å². The van der Waals surface area contributed by atoms with Gasteiger partial charge in [0.1, 0.15) is 0 Å². The van der Waals surface area contributed by atoms with Gasteiger partial charge in [0.2, 0.25) is 0 Å². The molecule has 0 bridgehead atoms. The smallest absolute Gasteiger partial charge is 0.291 e. The van der Waals surface area contributed by atoms with E-state index >= 15 is 0 Å². The summed E-state index contributed by atoms with van der Waals surface area (Å²) < 4.78 is 5.25. The normalized spacial score (nSPS) is 24.7. The highest BCUT2D eigenvalue weighted by molar-refractivity contribution is 4.79. The number of ether oxygens (including phenoxy) is 1. The first-order chi connectivity index (χ1) is 7.90. The Balaban J connectivity index is 2.15. The van der Waals surface area contributed by atoms with Crippen LogP contribution in [0, 0.1) is 17.3 Å². The van der Waals surface area contributed by atoms with Crippen LogP contribution in [-0.2, 0) is 9.57 Å². The van der Waals surface area contributed by atoms with Gasteiger partial charge >= 0.3 is 0 Å². The second-order valence-corrected chi connectivity index (χ2v) is 6.44. The molecule has 2 atom stereocenters. The minimum Gasteiger partial charge on any atom is -0.465 e. The zero-order chi connectivity index (χ0) is 12.9. The van der Waals surface area contributed by atoms with Crippen molar-refractivity contribution in [3.05, 3.63) is 12.5 Å². The Kier molecular flexibility index (Phi) is 5.31. The van der Waals surface area contributed by atoms with Gasteiger partial charge in [-0.25, -0.2) is 0 Å². The minimum atomic E-state index is 0.217. The first kappa shape index (κ1) is 14.4. The molecule has 0 aromatic heterocycles. The number of nitrogens with two attached hydrogens (primary N) is 1. The van der Waals surface area contributed by atoms with Gasteiger partial charge in [-0.05, 0) is 43.1 Å². The van der Waals surface area contributed by atoms with Crippen LogP contribution < -0.4 is 5.90 Å². The maximum atomic E-state index is 5.25. The van der Waals surface area contributed by atoms with Gasteiger partial charge in [0, 0.05) is 0 Å². The van der Waals surface area contributed by atoms with E-state index in [0.29, 0.717) is 12.0 Å². The molecule has 0 radical (unpaired) electrons. The topological polar surface area (TPSA) is 44.5 Å². The summed E-state index contributed by atoms with van der Waals surface area (Å²) in [7, 11) is 0. The summed E-state index contributed by atoms with van der Waals surface area (Å²) in [5.74, 6) is 6.85. The summed E-state index contributed by atoms with van der Waals surface area (Å²) in [4.78, 5) is 4.39. The van der Waals surface area contributed by atoms with E-state index in [1.54, 1.807) is 0 Å². The zero-order valence-electron chi connectivity index (χ0n) is 11.5. The Bertz CT molecular complexity index is 245. The summed E-state index contributed by atoms with van der Waals surface area (Å²) >= 11 is 0. The summed E-state index contributed by atoms with van der Waals surface area (Å²) in [6, 6.07) is 0. The van der Waals surface area contributed by atoms with E-state index in [2.05, 4.69) is 32.2 Å². The fraction of sp³-hybridized carbons (Fsp3) is 0.857. The molecule has 0 amide bonds. The van der Waals surface area contributed by atoms with E-state index in [1.165, 1.54) is 25.7 Å². The van der Waals surface area contributed by atoms with E-state index in [0.717, 1.165) is 18.3 Å². The SMILES string of the molecule is C=C(ON)OCCC1CCC(CC(C)(C)C)C1. The lowest BCUT2D eigenvalue weighted by molar-refractivity contribution is 0.0316. The van der Waals surface area contributed by atoms with Gasteiger partial charge in [0.15, 0.2) is 0 Å². The average molecular weight is 241 g/mol. The molecule has 0 heterocycles. The monoisotopic (exact) mass is 241 g/mol. The van der Waals surface area contributed by atoms with E-state index in [9.17, 15) is 0 Å². The molecule has 1 fully saturated rings. The zero-order valence-corrected chi connectivity index (χ0v) is 11.5. The van der Waals surface area contributed by atoms with Crippen molar-refractivity contribution in [1.29, 1.82) is 0 Å². The van der Waals surface area contributed by atoms with Gasteiger partial charge in [0.05, 0.1) is 6.61 Å². The van der Waals surface area contributed by atoms with Crippen molar-refractivity contribution in [1.82, 2.24) is 0 Å². The molecule has 0 aliphatic heterocycles. The van der Waals surface area contributed by atoms with Crippen LogP contribution in [0.15, 0.2) is 12.5 Å². The van der Waals surface area contributed by atoms with Crippen molar-refractivity contribution in [2.75, 3.05) is 6.61 Å². The molecule has 2 N–H and O–H groups in total. The Morgan fingerprint density at radius 2 is 1.94 bits per heavy atom. The van der Waals surface area contributed by atoms with E-state index < -0.39 is 0 Å². The largest absolute Gasteiger partial charge is 0.465 e. The molecule has 1 aliphatic rings. The lowest BCUT2D eigenvalue weighted by Gasteiger charge is -2.22. The second-order valence-electron chi connectivity index (χ2n) is 6.44. The van der Waals surface area contributed by atoms with Gasteiger partial charge in [-0.3, -0.25) is 0 Å². The molecule has 3 heteroatoms. The summed E-state index contributed by atoms with van der Waals surface area (Å²) in [6.45, 7) is 11.2. The lowest BCUT2D eigenvalue weighted by Crippen LogP contribution is -2.11. The van der Waals surface area contributed by atoms with Crippen LogP contribution in [0.25, 0.3) is 0 Å². The van der Waals surface area contributed by atoms with Crippen molar-refractivity contribution in [3.8, 4) is 0 Å². The highest BCUT2D eigenvalue weighted by Gasteiger charge is 2.27. The average Bonchev–Trinajstić information content (AvgIpc) is 2.62. The standard InChI is InChI=1S/C14H27NO2/c1-11(17-15)16-8-7-12-5-6-13(9-12)10-14(2,3)4/h12-13H,1,5-10,15H2,2-4H3. The molecule has 1 rings (SSSR count). The molecular weight excluding hydrogens is 214 g/mol. The Morgan fingerprint density at radius 1 is 1.29 bits per heavy atom. The number of hydrogen-bond acceptors (Lipinski definition) is 3. The van der Waals surface area contributed by atoms with Crippen molar-refractivity contribution >= 4 is 0 Å². The van der Waals surface area contributed by atoms with Crippen LogP contribution >= 0.6 is 0 Å². The molecule has 0 saturated heterocycles. The van der Waals surface area contributed by atoms with Crippen LogP contribution in [0.2, 0.25) is 0 Å². The summed E-state index contributed by atoms with van der Waals surface area (Å²) in [6.07, 6.45) is 6.47. The van der Waals surface area contributed by atoms with Gasteiger partial charge in [0.25, 0.3) is 5.95 Å². The quantitative estimate of drug-likeness (QED) is 0.570. The first-order valence-corrected chi connectivity index (χ1v) is 6.59. The van der Waals surface area contributed by atoms with Crippen LogP contribution in [0.1, 0.15) is 52.9 Å². The Labute approximate surface area is 105 Å². The molecule has 17 heavy (non-hydrogen) atoms. The molecule has 0 aromatic rings. The first-order valence-electron chi connectivity index (χ1n) is 6.59. The minimum absolute atomic E-state index is 0.217. The van der Waals surface area contributed by atoms with Crippen LogP contribution in [-0.4, -0.2) is 6.61 Å². The van der Waals surface area contributed by atoms with Gasteiger partial charge in [-0.15, -0.1) is 0 Å². The molecule has 0 spiro atoms.